The van der Waals surface area contributed by atoms with E-state index in [4.69, 9.17) is 0 Å². The number of hydrogen-bond donors (Lipinski definition) is 1. The molecule has 2 aliphatic heterocycles. The number of rotatable bonds is 1. The lowest BCUT2D eigenvalue weighted by atomic mass is 10.2. The zero-order valence-electron chi connectivity index (χ0n) is 6.82. The van der Waals surface area contributed by atoms with Gasteiger partial charge in [-0.3, -0.25) is 4.79 Å². The Morgan fingerprint density at radius 3 is 3.25 bits per heavy atom. The van der Waals surface area contributed by atoms with Crippen LogP contribution in [0.5, 0.6) is 0 Å². The van der Waals surface area contributed by atoms with Crippen LogP contribution in [0.25, 0.3) is 0 Å². The highest BCUT2D eigenvalue weighted by Gasteiger charge is 2.23. The van der Waals surface area contributed by atoms with Gasteiger partial charge in [0.1, 0.15) is 6.17 Å². The van der Waals surface area contributed by atoms with Crippen molar-refractivity contribution >= 4 is 6.29 Å². The second-order valence-electron chi connectivity index (χ2n) is 2.93. The van der Waals surface area contributed by atoms with E-state index in [2.05, 4.69) is 11.4 Å². The summed E-state index contributed by atoms with van der Waals surface area (Å²) >= 11 is 0. The van der Waals surface area contributed by atoms with Crippen LogP contribution in [0.1, 0.15) is 6.92 Å². The first-order chi connectivity index (χ1) is 5.81. The Labute approximate surface area is 71.0 Å². The Hall–Kier alpha value is -1.51. The number of allylic oxidation sites excluding steroid dienone is 3. The molecule has 2 heterocycles. The Balaban J connectivity index is 2.26. The molecular weight excluding hydrogens is 152 g/mol. The van der Waals surface area contributed by atoms with Gasteiger partial charge in [0.2, 0.25) is 0 Å². The summed E-state index contributed by atoms with van der Waals surface area (Å²) < 4.78 is 0. The fourth-order valence-corrected chi connectivity index (χ4v) is 1.39. The molecule has 0 aliphatic carbocycles. The summed E-state index contributed by atoms with van der Waals surface area (Å²) in [6.45, 7) is 2.04. The SMILES string of the molecule is CC1=CC2NC=C(C=O)N2C=C1. The molecular formula is C9H10N2O. The molecule has 0 amide bonds. The highest BCUT2D eigenvalue weighted by molar-refractivity contribution is 5.73. The smallest absolute Gasteiger partial charge is 0.168 e. The molecule has 3 nitrogen and oxygen atoms in total. The van der Waals surface area contributed by atoms with E-state index >= 15 is 0 Å². The van der Waals surface area contributed by atoms with E-state index in [1.165, 1.54) is 5.57 Å². The Bertz CT molecular complexity index is 302. The second kappa shape index (κ2) is 2.52. The minimum absolute atomic E-state index is 0.134. The van der Waals surface area contributed by atoms with Gasteiger partial charge in [0.25, 0.3) is 0 Å². The van der Waals surface area contributed by atoms with Crippen molar-refractivity contribution in [3.05, 3.63) is 35.8 Å². The molecule has 0 bridgehead atoms. The molecule has 1 unspecified atom stereocenters. The number of nitrogens with one attached hydrogen (secondary N) is 1. The summed E-state index contributed by atoms with van der Waals surface area (Å²) in [6.07, 6.45) is 8.70. The van der Waals surface area contributed by atoms with Crippen molar-refractivity contribution in [2.24, 2.45) is 0 Å². The third-order valence-electron chi connectivity index (χ3n) is 2.04. The predicted octanol–water partition coefficient (Wildman–Crippen LogP) is 0.732. The van der Waals surface area contributed by atoms with E-state index in [1.54, 1.807) is 6.20 Å². The second-order valence-corrected chi connectivity index (χ2v) is 2.93. The standard InChI is InChI=1S/C9H10N2O/c1-7-2-3-11-8(6-12)5-10-9(11)4-7/h2-6,9-10H,1H3. The fraction of sp³-hybridized carbons (Fsp3) is 0.222. The largest absolute Gasteiger partial charge is 0.366 e. The van der Waals surface area contributed by atoms with Gasteiger partial charge < -0.3 is 10.2 Å². The van der Waals surface area contributed by atoms with Gasteiger partial charge in [0.15, 0.2) is 6.29 Å². The summed E-state index contributed by atoms with van der Waals surface area (Å²) in [4.78, 5) is 12.4. The van der Waals surface area contributed by atoms with E-state index < -0.39 is 0 Å². The van der Waals surface area contributed by atoms with E-state index in [-0.39, 0.29) is 6.17 Å². The zero-order valence-corrected chi connectivity index (χ0v) is 6.82. The molecule has 0 aromatic rings. The summed E-state index contributed by atoms with van der Waals surface area (Å²) in [6, 6.07) is 0. The summed E-state index contributed by atoms with van der Waals surface area (Å²) in [5.41, 5.74) is 1.89. The minimum Gasteiger partial charge on any atom is -0.366 e. The summed E-state index contributed by atoms with van der Waals surface area (Å²) in [7, 11) is 0. The third-order valence-corrected chi connectivity index (χ3v) is 2.04. The van der Waals surface area contributed by atoms with Crippen LogP contribution in [0.15, 0.2) is 35.8 Å². The monoisotopic (exact) mass is 162 g/mol. The number of hydrogen-bond acceptors (Lipinski definition) is 3. The lowest BCUT2D eigenvalue weighted by Crippen LogP contribution is -2.33. The lowest BCUT2D eigenvalue weighted by molar-refractivity contribution is -0.105. The molecule has 2 rings (SSSR count). The van der Waals surface area contributed by atoms with Crippen LogP contribution in [0.3, 0.4) is 0 Å². The van der Waals surface area contributed by atoms with Crippen LogP contribution in [0, 0.1) is 0 Å². The molecule has 0 radical (unpaired) electrons. The van der Waals surface area contributed by atoms with E-state index in [0.29, 0.717) is 5.70 Å². The van der Waals surface area contributed by atoms with E-state index in [1.807, 2.05) is 24.1 Å². The average Bonchev–Trinajstić information content (AvgIpc) is 2.46. The number of nitrogens with zero attached hydrogens (tertiary/aromatic N) is 1. The number of carbonyl (C=O) groups is 1. The van der Waals surface area contributed by atoms with Crippen LogP contribution < -0.4 is 5.32 Å². The average molecular weight is 162 g/mol. The van der Waals surface area contributed by atoms with Crippen molar-refractivity contribution in [3.63, 3.8) is 0 Å². The Morgan fingerprint density at radius 1 is 1.67 bits per heavy atom. The van der Waals surface area contributed by atoms with Gasteiger partial charge in [-0.25, -0.2) is 0 Å². The summed E-state index contributed by atoms with van der Waals surface area (Å²) in [5.74, 6) is 0. The number of fused-ring (bicyclic) bond motifs is 1. The molecule has 0 fully saturated rings. The quantitative estimate of drug-likeness (QED) is 0.577. The van der Waals surface area contributed by atoms with Crippen LogP contribution in [-0.2, 0) is 4.79 Å². The normalized spacial score (nSPS) is 25.8. The third kappa shape index (κ3) is 0.942. The minimum atomic E-state index is 0.134. The Morgan fingerprint density at radius 2 is 2.50 bits per heavy atom. The van der Waals surface area contributed by atoms with Gasteiger partial charge in [-0.15, -0.1) is 0 Å². The molecule has 2 aliphatic rings. The molecule has 3 heteroatoms. The molecule has 0 aromatic carbocycles. The molecule has 0 saturated carbocycles. The van der Waals surface area contributed by atoms with Crippen molar-refractivity contribution < 1.29 is 4.79 Å². The predicted molar refractivity (Wildman–Crippen MR) is 45.8 cm³/mol. The maximum atomic E-state index is 10.5. The highest BCUT2D eigenvalue weighted by atomic mass is 16.1. The topological polar surface area (TPSA) is 32.3 Å². The van der Waals surface area contributed by atoms with Crippen molar-refractivity contribution in [2.45, 2.75) is 13.1 Å². The van der Waals surface area contributed by atoms with E-state index in [0.717, 1.165) is 6.29 Å². The zero-order chi connectivity index (χ0) is 8.55. The molecule has 0 aromatic heterocycles. The van der Waals surface area contributed by atoms with Gasteiger partial charge in [-0.1, -0.05) is 0 Å². The highest BCUT2D eigenvalue weighted by Crippen LogP contribution is 2.19. The van der Waals surface area contributed by atoms with Gasteiger partial charge in [0.05, 0.1) is 5.70 Å². The lowest BCUT2D eigenvalue weighted by Gasteiger charge is -2.24. The molecule has 1 atom stereocenters. The van der Waals surface area contributed by atoms with Crippen molar-refractivity contribution in [3.8, 4) is 0 Å². The van der Waals surface area contributed by atoms with Gasteiger partial charge in [0, 0.05) is 12.4 Å². The molecule has 12 heavy (non-hydrogen) atoms. The van der Waals surface area contributed by atoms with Crippen LogP contribution >= 0.6 is 0 Å². The van der Waals surface area contributed by atoms with E-state index in [9.17, 15) is 4.79 Å². The van der Waals surface area contributed by atoms with Gasteiger partial charge >= 0.3 is 0 Å². The van der Waals surface area contributed by atoms with Crippen molar-refractivity contribution in [2.75, 3.05) is 0 Å². The summed E-state index contributed by atoms with van der Waals surface area (Å²) in [5, 5.41) is 3.09. The van der Waals surface area contributed by atoms with Crippen molar-refractivity contribution in [1.82, 2.24) is 10.2 Å². The fourth-order valence-electron chi connectivity index (χ4n) is 1.39. The van der Waals surface area contributed by atoms with Crippen LogP contribution in [-0.4, -0.2) is 17.4 Å². The number of aldehydes is 1. The first kappa shape index (κ1) is 7.16. The molecule has 62 valence electrons. The number of carbonyl (C=O) groups excluding carboxylic acids is 1. The van der Waals surface area contributed by atoms with Gasteiger partial charge in [-0.05, 0) is 24.6 Å². The molecule has 0 spiro atoms. The first-order valence-electron chi connectivity index (χ1n) is 3.87. The maximum absolute atomic E-state index is 10.5. The molecule has 1 N–H and O–H groups in total. The Kier molecular flexibility index (Phi) is 1.50. The van der Waals surface area contributed by atoms with Crippen LogP contribution in [0.2, 0.25) is 0 Å². The van der Waals surface area contributed by atoms with Crippen LogP contribution in [0.4, 0.5) is 0 Å². The van der Waals surface area contributed by atoms with Gasteiger partial charge in [-0.2, -0.15) is 0 Å². The maximum Gasteiger partial charge on any atom is 0.168 e. The van der Waals surface area contributed by atoms with Crippen molar-refractivity contribution in [1.29, 1.82) is 0 Å². The first-order valence-corrected chi connectivity index (χ1v) is 3.87. The molecule has 0 saturated heterocycles.